The SMILES string of the molecule is CN(C[C@H]1Cc2ccccc2CN1C)C(=O)c1cccc(N(C)C)c1. The van der Waals surface area contributed by atoms with Gasteiger partial charge in [0.15, 0.2) is 0 Å². The molecule has 0 aromatic heterocycles. The fourth-order valence-electron chi connectivity index (χ4n) is 3.46. The van der Waals surface area contributed by atoms with Gasteiger partial charge in [-0.3, -0.25) is 9.69 Å². The zero-order valence-corrected chi connectivity index (χ0v) is 15.6. The lowest BCUT2D eigenvalue weighted by molar-refractivity contribution is 0.0733. The number of rotatable bonds is 4. The lowest BCUT2D eigenvalue weighted by atomic mass is 9.94. The van der Waals surface area contributed by atoms with Crippen LogP contribution in [0.15, 0.2) is 48.5 Å². The van der Waals surface area contributed by atoms with E-state index in [-0.39, 0.29) is 5.91 Å². The Bertz CT molecular complexity index is 756. The van der Waals surface area contributed by atoms with E-state index in [0.29, 0.717) is 6.04 Å². The molecule has 1 atom stereocenters. The minimum Gasteiger partial charge on any atom is -0.378 e. The van der Waals surface area contributed by atoms with Gasteiger partial charge in [-0.05, 0) is 42.8 Å². The van der Waals surface area contributed by atoms with Crippen LogP contribution in [0.4, 0.5) is 5.69 Å². The number of nitrogens with zero attached hydrogens (tertiary/aromatic N) is 3. The minimum absolute atomic E-state index is 0.0796. The second-order valence-electron chi connectivity index (χ2n) is 7.17. The molecule has 2 aromatic rings. The quantitative estimate of drug-likeness (QED) is 0.858. The van der Waals surface area contributed by atoms with Crippen molar-refractivity contribution in [2.24, 2.45) is 0 Å². The molecule has 0 spiro atoms. The Morgan fingerprint density at radius 1 is 1.08 bits per heavy atom. The van der Waals surface area contributed by atoms with Crippen LogP contribution in [0, 0.1) is 0 Å². The van der Waals surface area contributed by atoms with E-state index in [2.05, 4.69) is 36.2 Å². The van der Waals surface area contributed by atoms with E-state index in [9.17, 15) is 4.79 Å². The molecule has 1 aliphatic rings. The van der Waals surface area contributed by atoms with E-state index in [4.69, 9.17) is 0 Å². The maximum absolute atomic E-state index is 12.8. The van der Waals surface area contributed by atoms with Crippen LogP contribution >= 0.6 is 0 Å². The predicted octanol–water partition coefficient (Wildman–Crippen LogP) is 2.88. The first kappa shape index (κ1) is 17.5. The molecule has 1 heterocycles. The van der Waals surface area contributed by atoms with Crippen molar-refractivity contribution in [1.29, 1.82) is 0 Å². The molecule has 0 saturated carbocycles. The second-order valence-corrected chi connectivity index (χ2v) is 7.17. The number of benzene rings is 2. The first-order valence-electron chi connectivity index (χ1n) is 8.75. The molecule has 0 unspecified atom stereocenters. The number of amides is 1. The predicted molar refractivity (Wildman–Crippen MR) is 103 cm³/mol. The summed E-state index contributed by atoms with van der Waals surface area (Å²) < 4.78 is 0. The van der Waals surface area contributed by atoms with Gasteiger partial charge < -0.3 is 9.80 Å². The third-order valence-electron chi connectivity index (χ3n) is 5.06. The molecule has 25 heavy (non-hydrogen) atoms. The Balaban J connectivity index is 1.70. The Kier molecular flexibility index (Phi) is 5.09. The van der Waals surface area contributed by atoms with E-state index < -0.39 is 0 Å². The monoisotopic (exact) mass is 337 g/mol. The smallest absolute Gasteiger partial charge is 0.253 e. The summed E-state index contributed by atoms with van der Waals surface area (Å²) in [7, 11) is 8.02. The summed E-state index contributed by atoms with van der Waals surface area (Å²) in [6.07, 6.45) is 0.988. The van der Waals surface area contributed by atoms with Crippen molar-refractivity contribution in [2.45, 2.75) is 19.0 Å². The maximum atomic E-state index is 12.8. The Labute approximate surface area is 150 Å². The highest BCUT2D eigenvalue weighted by Gasteiger charge is 2.25. The lowest BCUT2D eigenvalue weighted by Gasteiger charge is -2.36. The summed E-state index contributed by atoms with van der Waals surface area (Å²) in [6.45, 7) is 1.68. The normalized spacial score (nSPS) is 17.0. The van der Waals surface area contributed by atoms with Crippen molar-refractivity contribution in [3.05, 3.63) is 65.2 Å². The fraction of sp³-hybridized carbons (Fsp3) is 0.381. The molecule has 0 bridgehead atoms. The van der Waals surface area contributed by atoms with Crippen molar-refractivity contribution in [1.82, 2.24) is 9.80 Å². The van der Waals surface area contributed by atoms with E-state index in [1.807, 2.05) is 55.2 Å². The van der Waals surface area contributed by atoms with Crippen molar-refractivity contribution in [3.8, 4) is 0 Å². The van der Waals surface area contributed by atoms with Crippen LogP contribution in [0.2, 0.25) is 0 Å². The highest BCUT2D eigenvalue weighted by atomic mass is 16.2. The van der Waals surface area contributed by atoms with Crippen molar-refractivity contribution >= 4 is 11.6 Å². The van der Waals surface area contributed by atoms with Gasteiger partial charge in [0.25, 0.3) is 5.91 Å². The van der Waals surface area contributed by atoms with Gasteiger partial charge in [0.1, 0.15) is 0 Å². The molecule has 3 rings (SSSR count). The molecule has 0 aliphatic carbocycles. The van der Waals surface area contributed by atoms with Gasteiger partial charge in [-0.15, -0.1) is 0 Å². The molecule has 4 heteroatoms. The van der Waals surface area contributed by atoms with E-state index in [1.54, 1.807) is 0 Å². The molecule has 0 saturated heterocycles. The first-order valence-corrected chi connectivity index (χ1v) is 8.75. The molecule has 1 aliphatic heterocycles. The second kappa shape index (κ2) is 7.28. The summed E-state index contributed by atoms with van der Waals surface area (Å²) >= 11 is 0. The Morgan fingerprint density at radius 3 is 2.52 bits per heavy atom. The summed E-state index contributed by atoms with van der Waals surface area (Å²) in [6, 6.07) is 16.8. The topological polar surface area (TPSA) is 26.8 Å². The van der Waals surface area contributed by atoms with E-state index >= 15 is 0 Å². The fourth-order valence-corrected chi connectivity index (χ4v) is 3.46. The van der Waals surface area contributed by atoms with Gasteiger partial charge in [0.2, 0.25) is 0 Å². The number of hydrogen-bond donors (Lipinski definition) is 0. The molecular weight excluding hydrogens is 310 g/mol. The lowest BCUT2D eigenvalue weighted by Crippen LogP contribution is -2.46. The first-order chi connectivity index (χ1) is 12.0. The van der Waals surface area contributed by atoms with Crippen LogP contribution in [0.3, 0.4) is 0 Å². The molecule has 0 fully saturated rings. The maximum Gasteiger partial charge on any atom is 0.253 e. The summed E-state index contributed by atoms with van der Waals surface area (Å²) in [4.78, 5) is 19.1. The summed E-state index contributed by atoms with van der Waals surface area (Å²) in [5.74, 6) is 0.0796. The van der Waals surface area contributed by atoms with Gasteiger partial charge in [-0.1, -0.05) is 30.3 Å². The number of anilines is 1. The van der Waals surface area contributed by atoms with Crippen LogP contribution in [-0.4, -0.2) is 56.5 Å². The van der Waals surface area contributed by atoms with Crippen molar-refractivity contribution in [3.63, 3.8) is 0 Å². The highest BCUT2D eigenvalue weighted by molar-refractivity contribution is 5.95. The zero-order valence-electron chi connectivity index (χ0n) is 15.6. The third-order valence-corrected chi connectivity index (χ3v) is 5.06. The Morgan fingerprint density at radius 2 is 1.80 bits per heavy atom. The van der Waals surface area contributed by atoms with Gasteiger partial charge in [-0.25, -0.2) is 0 Å². The van der Waals surface area contributed by atoms with Gasteiger partial charge in [0.05, 0.1) is 0 Å². The van der Waals surface area contributed by atoms with Crippen LogP contribution in [0.25, 0.3) is 0 Å². The third kappa shape index (κ3) is 3.85. The zero-order chi connectivity index (χ0) is 18.0. The van der Waals surface area contributed by atoms with Gasteiger partial charge in [0, 0.05) is 51.5 Å². The summed E-state index contributed by atoms with van der Waals surface area (Å²) in [5.41, 5.74) is 4.59. The van der Waals surface area contributed by atoms with E-state index in [1.165, 1.54) is 11.1 Å². The summed E-state index contributed by atoms with van der Waals surface area (Å²) in [5, 5.41) is 0. The van der Waals surface area contributed by atoms with Gasteiger partial charge in [-0.2, -0.15) is 0 Å². The standard InChI is InChI=1S/C21H27N3O/c1-22(2)19-11-7-10-17(13-19)21(25)24(4)15-20-12-16-8-5-6-9-18(16)14-23(20)3/h5-11,13,20H,12,14-15H2,1-4H3/t20-/m1/s1. The highest BCUT2D eigenvalue weighted by Crippen LogP contribution is 2.23. The average Bonchev–Trinajstić information content (AvgIpc) is 2.61. The van der Waals surface area contributed by atoms with Crippen LogP contribution in [0.1, 0.15) is 21.5 Å². The number of likely N-dealkylation sites (N-methyl/N-ethyl adjacent to an activating group) is 2. The van der Waals surface area contributed by atoms with Gasteiger partial charge >= 0.3 is 0 Å². The minimum atomic E-state index is 0.0796. The van der Waals surface area contributed by atoms with Crippen molar-refractivity contribution in [2.75, 3.05) is 39.6 Å². The number of carbonyl (C=O) groups is 1. The Hall–Kier alpha value is -2.33. The molecule has 1 amide bonds. The average molecular weight is 337 g/mol. The van der Waals surface area contributed by atoms with Crippen LogP contribution in [-0.2, 0) is 13.0 Å². The largest absolute Gasteiger partial charge is 0.378 e. The molecule has 0 N–H and O–H groups in total. The molecule has 0 radical (unpaired) electrons. The van der Waals surface area contributed by atoms with E-state index in [0.717, 1.165) is 30.8 Å². The number of hydrogen-bond acceptors (Lipinski definition) is 3. The molecule has 2 aromatic carbocycles. The molecular formula is C21H27N3O. The number of fused-ring (bicyclic) bond motifs is 1. The molecule has 4 nitrogen and oxygen atoms in total. The van der Waals surface area contributed by atoms with Crippen molar-refractivity contribution < 1.29 is 4.79 Å². The van der Waals surface area contributed by atoms with Crippen LogP contribution in [0.5, 0.6) is 0 Å². The molecule has 132 valence electrons. The number of carbonyl (C=O) groups excluding carboxylic acids is 1. The van der Waals surface area contributed by atoms with Crippen LogP contribution < -0.4 is 4.90 Å².